The van der Waals surface area contributed by atoms with E-state index in [2.05, 4.69) is 32.9 Å². The highest BCUT2D eigenvalue weighted by Gasteiger charge is 2.57. The van der Waals surface area contributed by atoms with Crippen LogP contribution >= 0.6 is 11.6 Å². The number of rotatable bonds is 1. The van der Waals surface area contributed by atoms with E-state index < -0.39 is 0 Å². The van der Waals surface area contributed by atoms with Crippen LogP contribution in [0.3, 0.4) is 0 Å². The third-order valence-corrected chi connectivity index (χ3v) is 8.63. The van der Waals surface area contributed by atoms with Crippen molar-refractivity contribution in [3.8, 4) is 0 Å². The van der Waals surface area contributed by atoms with Gasteiger partial charge in [-0.3, -0.25) is 0 Å². The van der Waals surface area contributed by atoms with Crippen molar-refractivity contribution in [3.63, 3.8) is 0 Å². The standard InChI is InChI=1S/C21H31Cl/c1-4-14-8-9-16-15-13-19(22)18-7-5-6-11-21(18,3)17(15)10-12-20(14,16)2/h7,13-17H,4-6,8-12H2,1-3H3/t14-,15-,16-,17-,20+,21+/m0/s1. The molecule has 0 amide bonds. The average molecular weight is 319 g/mol. The van der Waals surface area contributed by atoms with Crippen LogP contribution in [0, 0.1) is 34.5 Å². The van der Waals surface area contributed by atoms with Gasteiger partial charge in [-0.2, -0.15) is 0 Å². The molecule has 22 heavy (non-hydrogen) atoms. The van der Waals surface area contributed by atoms with Crippen molar-refractivity contribution < 1.29 is 0 Å². The molecule has 0 unspecified atom stereocenters. The molecular formula is C21H31Cl. The Morgan fingerprint density at radius 1 is 1.14 bits per heavy atom. The second kappa shape index (κ2) is 5.13. The zero-order valence-corrected chi connectivity index (χ0v) is 15.3. The lowest BCUT2D eigenvalue weighted by Gasteiger charge is -2.56. The minimum Gasteiger partial charge on any atom is -0.0844 e. The number of hydrogen-bond donors (Lipinski definition) is 0. The van der Waals surface area contributed by atoms with Crippen molar-refractivity contribution in [2.24, 2.45) is 34.5 Å². The molecule has 4 aliphatic carbocycles. The van der Waals surface area contributed by atoms with E-state index >= 15 is 0 Å². The van der Waals surface area contributed by atoms with E-state index in [0.29, 0.717) is 10.8 Å². The largest absolute Gasteiger partial charge is 0.0844 e. The summed E-state index contributed by atoms with van der Waals surface area (Å²) >= 11 is 6.80. The molecule has 122 valence electrons. The van der Waals surface area contributed by atoms with E-state index in [0.717, 1.165) is 28.7 Å². The fraction of sp³-hybridized carbons (Fsp3) is 0.810. The maximum absolute atomic E-state index is 6.80. The molecule has 0 N–H and O–H groups in total. The molecular weight excluding hydrogens is 288 g/mol. The summed E-state index contributed by atoms with van der Waals surface area (Å²) in [5, 5.41) is 1.10. The molecule has 2 saturated carbocycles. The van der Waals surface area contributed by atoms with Gasteiger partial charge in [0, 0.05) is 5.03 Å². The molecule has 0 aromatic carbocycles. The Balaban J connectivity index is 1.76. The second-order valence-electron chi connectivity index (χ2n) is 8.96. The van der Waals surface area contributed by atoms with Gasteiger partial charge in [-0.25, -0.2) is 0 Å². The van der Waals surface area contributed by atoms with Crippen molar-refractivity contribution in [2.45, 2.75) is 72.1 Å². The van der Waals surface area contributed by atoms with E-state index in [1.807, 2.05) is 0 Å². The molecule has 0 bridgehead atoms. The van der Waals surface area contributed by atoms with Crippen LogP contribution in [-0.4, -0.2) is 0 Å². The monoisotopic (exact) mass is 318 g/mol. The van der Waals surface area contributed by atoms with Crippen LogP contribution in [0.15, 0.2) is 22.8 Å². The summed E-state index contributed by atoms with van der Waals surface area (Å²) in [6.45, 7) is 7.53. The highest BCUT2D eigenvalue weighted by molar-refractivity contribution is 6.32. The fourth-order valence-electron chi connectivity index (χ4n) is 7.05. The fourth-order valence-corrected chi connectivity index (χ4v) is 7.49. The van der Waals surface area contributed by atoms with Gasteiger partial charge in [0.15, 0.2) is 0 Å². The predicted molar refractivity (Wildman–Crippen MR) is 94.8 cm³/mol. The van der Waals surface area contributed by atoms with Crippen LogP contribution in [0.2, 0.25) is 0 Å². The lowest BCUT2D eigenvalue weighted by Crippen LogP contribution is -2.48. The lowest BCUT2D eigenvalue weighted by molar-refractivity contribution is -0.0159. The van der Waals surface area contributed by atoms with Gasteiger partial charge in [-0.05, 0) is 85.0 Å². The molecule has 0 nitrogen and oxygen atoms in total. The molecule has 0 saturated heterocycles. The van der Waals surface area contributed by atoms with E-state index in [1.54, 1.807) is 0 Å². The first kappa shape index (κ1) is 15.3. The Morgan fingerprint density at radius 2 is 1.95 bits per heavy atom. The van der Waals surface area contributed by atoms with E-state index in [9.17, 15) is 0 Å². The predicted octanol–water partition coefficient (Wildman–Crippen LogP) is 6.71. The van der Waals surface area contributed by atoms with Gasteiger partial charge in [0.05, 0.1) is 0 Å². The first-order valence-electron chi connectivity index (χ1n) is 9.59. The molecule has 1 heteroatoms. The minimum absolute atomic E-state index is 0.361. The zero-order valence-electron chi connectivity index (χ0n) is 14.5. The summed E-state index contributed by atoms with van der Waals surface area (Å²) < 4.78 is 0. The summed E-state index contributed by atoms with van der Waals surface area (Å²) in [7, 11) is 0. The number of halogens is 1. The Kier molecular flexibility index (Phi) is 3.57. The quantitative estimate of drug-likeness (QED) is 0.504. The number of fused-ring (bicyclic) bond motifs is 5. The molecule has 4 rings (SSSR count). The Bertz CT molecular complexity index is 530. The van der Waals surface area contributed by atoms with E-state index in [1.165, 1.54) is 56.9 Å². The smallest absolute Gasteiger partial charge is 0.0403 e. The highest BCUT2D eigenvalue weighted by Crippen LogP contribution is 2.66. The third-order valence-electron chi connectivity index (χ3n) is 8.30. The summed E-state index contributed by atoms with van der Waals surface area (Å²) in [6.07, 6.45) is 16.0. The molecule has 0 aromatic heterocycles. The number of hydrogen-bond acceptors (Lipinski definition) is 0. The topological polar surface area (TPSA) is 0 Å². The summed E-state index contributed by atoms with van der Waals surface area (Å²) in [6, 6.07) is 0. The van der Waals surface area contributed by atoms with Crippen molar-refractivity contribution >= 4 is 11.6 Å². The van der Waals surface area contributed by atoms with Crippen LogP contribution in [0.25, 0.3) is 0 Å². The van der Waals surface area contributed by atoms with Gasteiger partial charge in [-0.1, -0.05) is 50.9 Å². The van der Waals surface area contributed by atoms with Gasteiger partial charge < -0.3 is 0 Å². The molecule has 0 aromatic rings. The molecule has 0 radical (unpaired) electrons. The highest BCUT2D eigenvalue weighted by atomic mass is 35.5. The maximum atomic E-state index is 6.80. The van der Waals surface area contributed by atoms with Crippen LogP contribution in [0.4, 0.5) is 0 Å². The molecule has 0 aliphatic heterocycles. The maximum Gasteiger partial charge on any atom is 0.0403 e. The van der Waals surface area contributed by atoms with Gasteiger partial charge in [0.2, 0.25) is 0 Å². The molecule has 6 atom stereocenters. The number of allylic oxidation sites excluding steroid dienone is 4. The normalized spacial score (nSPS) is 50.5. The Hall–Kier alpha value is -0.230. The first-order valence-corrected chi connectivity index (χ1v) is 9.97. The van der Waals surface area contributed by atoms with Crippen molar-refractivity contribution in [3.05, 3.63) is 22.8 Å². The van der Waals surface area contributed by atoms with Crippen LogP contribution in [0.1, 0.15) is 72.1 Å². The van der Waals surface area contributed by atoms with Crippen molar-refractivity contribution in [1.29, 1.82) is 0 Å². The van der Waals surface area contributed by atoms with Gasteiger partial charge >= 0.3 is 0 Å². The molecule has 0 spiro atoms. The van der Waals surface area contributed by atoms with Gasteiger partial charge in [0.25, 0.3) is 0 Å². The molecule has 0 heterocycles. The average Bonchev–Trinajstić information content (AvgIpc) is 2.84. The van der Waals surface area contributed by atoms with Gasteiger partial charge in [0.1, 0.15) is 0 Å². The SMILES string of the molecule is CC[C@H]1CC[C@H]2[C@@H]3C=C(Cl)C4=CCCC[C@]4(C)[C@H]3CC[C@]12C. The third kappa shape index (κ3) is 1.89. The van der Waals surface area contributed by atoms with Crippen LogP contribution in [0.5, 0.6) is 0 Å². The summed E-state index contributed by atoms with van der Waals surface area (Å²) in [4.78, 5) is 0. The van der Waals surface area contributed by atoms with E-state index in [4.69, 9.17) is 11.6 Å². The molecule has 4 aliphatic rings. The van der Waals surface area contributed by atoms with Crippen molar-refractivity contribution in [2.75, 3.05) is 0 Å². The summed E-state index contributed by atoms with van der Waals surface area (Å²) in [5.41, 5.74) is 2.44. The minimum atomic E-state index is 0.361. The first-order chi connectivity index (χ1) is 10.5. The Morgan fingerprint density at radius 3 is 2.73 bits per heavy atom. The Labute approximate surface area is 141 Å². The molecule has 2 fully saturated rings. The lowest BCUT2D eigenvalue weighted by atomic mass is 9.48. The van der Waals surface area contributed by atoms with Crippen LogP contribution in [-0.2, 0) is 0 Å². The second-order valence-corrected chi connectivity index (χ2v) is 9.37. The zero-order chi connectivity index (χ0) is 15.5. The van der Waals surface area contributed by atoms with Gasteiger partial charge in [-0.15, -0.1) is 0 Å². The van der Waals surface area contributed by atoms with E-state index in [-0.39, 0.29) is 0 Å². The summed E-state index contributed by atoms with van der Waals surface area (Å²) in [5.74, 6) is 3.41. The van der Waals surface area contributed by atoms with Crippen molar-refractivity contribution in [1.82, 2.24) is 0 Å². The van der Waals surface area contributed by atoms with Crippen LogP contribution < -0.4 is 0 Å².